The lowest BCUT2D eigenvalue weighted by Gasteiger charge is -2.02. The Balaban J connectivity index is 2.32. The molecular weight excluding hydrogens is 251 g/mol. The minimum Gasteiger partial charge on any atom is -0.287 e. The molecule has 90 valence electrons. The Labute approximate surface area is 99.3 Å². The van der Waals surface area contributed by atoms with Gasteiger partial charge in [0, 0.05) is 17.3 Å². The number of hydrogen-bond donors (Lipinski definition) is 1. The van der Waals surface area contributed by atoms with Gasteiger partial charge in [0.15, 0.2) is 5.65 Å². The molecule has 0 spiro atoms. The van der Waals surface area contributed by atoms with Crippen LogP contribution in [0.15, 0.2) is 6.07 Å². The van der Waals surface area contributed by atoms with E-state index in [2.05, 4.69) is 10.1 Å². The van der Waals surface area contributed by atoms with Crippen molar-refractivity contribution in [3.05, 3.63) is 27.7 Å². The van der Waals surface area contributed by atoms with Gasteiger partial charge in [-0.05, 0) is 19.3 Å². The third-order valence-corrected chi connectivity index (χ3v) is 3.37. The number of aryl methyl sites for hydroxylation is 1. The molecule has 1 N–H and O–H groups in total. The topological polar surface area (TPSA) is 33.1 Å². The number of alkyl halides is 3. The minimum absolute atomic E-state index is 0.239. The predicted molar refractivity (Wildman–Crippen MR) is 57.4 cm³/mol. The number of aromatic nitrogens is 3. The molecule has 0 aromatic carbocycles. The normalized spacial score (nSPS) is 15.5. The molecule has 1 aliphatic rings. The van der Waals surface area contributed by atoms with Crippen molar-refractivity contribution in [2.45, 2.75) is 25.4 Å². The third kappa shape index (κ3) is 1.56. The van der Waals surface area contributed by atoms with Gasteiger partial charge in [-0.15, -0.1) is 0 Å². The average Bonchev–Trinajstić information content (AvgIpc) is 2.82. The molecule has 2 aromatic rings. The zero-order valence-electron chi connectivity index (χ0n) is 8.64. The Morgan fingerprint density at radius 2 is 2.12 bits per heavy atom. The summed E-state index contributed by atoms with van der Waals surface area (Å²) < 4.78 is 39.3. The van der Waals surface area contributed by atoms with E-state index in [1.165, 1.54) is 4.52 Å². The number of halogens is 3. The van der Waals surface area contributed by atoms with Gasteiger partial charge in [0.2, 0.25) is 0 Å². The van der Waals surface area contributed by atoms with E-state index in [4.69, 9.17) is 12.2 Å². The van der Waals surface area contributed by atoms with Crippen molar-refractivity contribution in [2.75, 3.05) is 0 Å². The lowest BCUT2D eigenvalue weighted by molar-refractivity contribution is -0.141. The standard InChI is InChI=1S/C10H8F3N3S/c11-10(12,13)7-4-8-14-6-3-1-2-5(6)9(17)16(8)15-7/h4,15H,1-3H2. The molecule has 3 rings (SSSR count). The number of H-pyrrole nitrogens is 1. The van der Waals surface area contributed by atoms with Crippen LogP contribution in [0, 0.1) is 4.64 Å². The van der Waals surface area contributed by atoms with Crippen LogP contribution in [0.25, 0.3) is 5.65 Å². The van der Waals surface area contributed by atoms with E-state index in [1.54, 1.807) is 0 Å². The van der Waals surface area contributed by atoms with Crippen LogP contribution in [0.1, 0.15) is 23.4 Å². The fourth-order valence-electron chi connectivity index (χ4n) is 2.14. The number of hydrogen-bond acceptors (Lipinski definition) is 2. The highest BCUT2D eigenvalue weighted by Crippen LogP contribution is 2.30. The fraction of sp³-hybridized carbons (Fsp3) is 0.400. The maximum atomic E-state index is 12.5. The lowest BCUT2D eigenvalue weighted by atomic mass is 10.3. The van der Waals surface area contributed by atoms with Crippen LogP contribution in [-0.4, -0.2) is 14.6 Å². The molecule has 7 heteroatoms. The first-order valence-corrected chi connectivity index (χ1v) is 5.58. The number of rotatable bonds is 0. The van der Waals surface area contributed by atoms with E-state index in [1.807, 2.05) is 0 Å². The van der Waals surface area contributed by atoms with E-state index in [9.17, 15) is 13.2 Å². The number of aromatic amines is 1. The molecule has 0 atom stereocenters. The van der Waals surface area contributed by atoms with Crippen molar-refractivity contribution in [3.8, 4) is 0 Å². The maximum Gasteiger partial charge on any atom is 0.432 e. The zero-order chi connectivity index (χ0) is 12.2. The maximum absolute atomic E-state index is 12.5. The van der Waals surface area contributed by atoms with Crippen LogP contribution < -0.4 is 0 Å². The largest absolute Gasteiger partial charge is 0.432 e. The van der Waals surface area contributed by atoms with Crippen molar-refractivity contribution >= 4 is 17.9 Å². The average molecular weight is 259 g/mol. The van der Waals surface area contributed by atoms with Crippen molar-refractivity contribution < 1.29 is 13.2 Å². The number of fused-ring (bicyclic) bond motifs is 2. The Kier molecular flexibility index (Phi) is 2.10. The second-order valence-electron chi connectivity index (χ2n) is 4.06. The molecule has 0 amide bonds. The van der Waals surface area contributed by atoms with Gasteiger partial charge in [0.25, 0.3) is 0 Å². The van der Waals surface area contributed by atoms with Crippen molar-refractivity contribution in [1.29, 1.82) is 0 Å². The van der Waals surface area contributed by atoms with Crippen LogP contribution in [0.5, 0.6) is 0 Å². The summed E-state index contributed by atoms with van der Waals surface area (Å²) >= 11 is 5.18. The first kappa shape index (κ1) is 10.8. The highest BCUT2D eigenvalue weighted by Gasteiger charge is 2.33. The Morgan fingerprint density at radius 1 is 1.35 bits per heavy atom. The summed E-state index contributed by atoms with van der Waals surface area (Å²) in [7, 11) is 0. The third-order valence-electron chi connectivity index (χ3n) is 2.94. The highest BCUT2D eigenvalue weighted by molar-refractivity contribution is 7.71. The van der Waals surface area contributed by atoms with Gasteiger partial charge in [-0.1, -0.05) is 12.2 Å². The van der Waals surface area contributed by atoms with Gasteiger partial charge in [0.05, 0.1) is 0 Å². The van der Waals surface area contributed by atoms with Crippen LogP contribution in [-0.2, 0) is 19.0 Å². The smallest absolute Gasteiger partial charge is 0.287 e. The van der Waals surface area contributed by atoms with Gasteiger partial charge in [0.1, 0.15) is 10.3 Å². The zero-order valence-corrected chi connectivity index (χ0v) is 9.45. The molecular formula is C10H8F3N3S. The minimum atomic E-state index is -4.40. The van der Waals surface area contributed by atoms with Crippen LogP contribution in [0.2, 0.25) is 0 Å². The van der Waals surface area contributed by atoms with Crippen molar-refractivity contribution in [3.63, 3.8) is 0 Å². The molecule has 0 saturated heterocycles. The predicted octanol–water partition coefficient (Wildman–Crippen LogP) is 2.90. The SMILES string of the molecule is FC(F)(F)c1cc2nc3c(c(=S)n2[nH]1)CCC3. The highest BCUT2D eigenvalue weighted by atomic mass is 32.1. The summed E-state index contributed by atoms with van der Waals surface area (Å²) in [6.07, 6.45) is -1.85. The van der Waals surface area contributed by atoms with Gasteiger partial charge in [-0.2, -0.15) is 13.2 Å². The van der Waals surface area contributed by atoms with E-state index in [-0.39, 0.29) is 5.65 Å². The summed E-state index contributed by atoms with van der Waals surface area (Å²) in [5.41, 5.74) is 1.15. The van der Waals surface area contributed by atoms with E-state index >= 15 is 0 Å². The van der Waals surface area contributed by atoms with Crippen LogP contribution in [0.3, 0.4) is 0 Å². The van der Waals surface area contributed by atoms with Crippen molar-refractivity contribution in [1.82, 2.24) is 14.6 Å². The molecule has 3 nitrogen and oxygen atoms in total. The molecule has 0 fully saturated rings. The van der Waals surface area contributed by atoms with E-state index in [0.717, 1.165) is 36.6 Å². The monoisotopic (exact) mass is 259 g/mol. The van der Waals surface area contributed by atoms with Crippen molar-refractivity contribution in [2.24, 2.45) is 0 Å². The fourth-order valence-corrected chi connectivity index (χ4v) is 2.50. The second kappa shape index (κ2) is 3.32. The summed E-state index contributed by atoms with van der Waals surface area (Å²) in [6.45, 7) is 0. The molecule has 17 heavy (non-hydrogen) atoms. The molecule has 0 aliphatic heterocycles. The van der Waals surface area contributed by atoms with E-state index < -0.39 is 11.9 Å². The Bertz CT molecular complexity index is 653. The summed E-state index contributed by atoms with van der Waals surface area (Å²) in [5.74, 6) is 0. The molecule has 0 bridgehead atoms. The molecule has 0 radical (unpaired) electrons. The molecule has 2 heterocycles. The second-order valence-corrected chi connectivity index (χ2v) is 4.44. The summed E-state index contributed by atoms with van der Waals surface area (Å²) in [4.78, 5) is 4.22. The molecule has 2 aromatic heterocycles. The molecule has 0 saturated carbocycles. The first-order valence-electron chi connectivity index (χ1n) is 5.17. The number of nitrogens with one attached hydrogen (secondary N) is 1. The Morgan fingerprint density at radius 3 is 2.82 bits per heavy atom. The molecule has 1 aliphatic carbocycles. The summed E-state index contributed by atoms with van der Waals surface area (Å²) in [6, 6.07) is 0.994. The molecule has 0 unspecified atom stereocenters. The van der Waals surface area contributed by atoms with Gasteiger partial charge >= 0.3 is 6.18 Å². The van der Waals surface area contributed by atoms with Crippen LogP contribution >= 0.6 is 12.2 Å². The Hall–Kier alpha value is -1.37. The van der Waals surface area contributed by atoms with Gasteiger partial charge in [-0.25, -0.2) is 9.50 Å². The van der Waals surface area contributed by atoms with Gasteiger partial charge in [-0.3, -0.25) is 5.10 Å². The quantitative estimate of drug-likeness (QED) is 0.738. The van der Waals surface area contributed by atoms with Gasteiger partial charge < -0.3 is 0 Å². The van der Waals surface area contributed by atoms with E-state index in [0.29, 0.717) is 4.64 Å². The number of nitrogens with zero attached hydrogens (tertiary/aromatic N) is 2. The van der Waals surface area contributed by atoms with Crippen LogP contribution in [0.4, 0.5) is 13.2 Å². The first-order chi connectivity index (χ1) is 7.97. The summed E-state index contributed by atoms with van der Waals surface area (Å²) in [5, 5.41) is 2.26. The lowest BCUT2D eigenvalue weighted by Crippen LogP contribution is -2.06.